The average Bonchev–Trinajstić information content (AvgIpc) is 0.740. The van der Waals surface area contributed by atoms with Crippen LogP contribution in [0.4, 0.5) is 34.1 Å². The summed E-state index contributed by atoms with van der Waals surface area (Å²) >= 11 is 0. The van der Waals surface area contributed by atoms with Gasteiger partial charge in [-0.1, -0.05) is 270 Å². The van der Waals surface area contributed by atoms with E-state index in [1.807, 2.05) is 0 Å². The van der Waals surface area contributed by atoms with Crippen LogP contribution in [0.1, 0.15) is 236 Å². The molecule has 16 rings (SSSR count). The minimum Gasteiger partial charge on any atom is -0.311 e. The lowest BCUT2D eigenvalue weighted by Gasteiger charge is -2.45. The molecule has 0 amide bonds. The highest BCUT2D eigenvalue weighted by atomic mass is 15.2. The molecular formula is C102H113BN4. The largest absolute Gasteiger partial charge is 0.311 e. The first kappa shape index (κ1) is 71.9. The monoisotopic (exact) mass is 1400 g/mol. The molecule has 544 valence electrons. The van der Waals surface area contributed by atoms with Gasteiger partial charge in [0.1, 0.15) is 0 Å². The van der Waals surface area contributed by atoms with E-state index >= 15 is 0 Å². The van der Waals surface area contributed by atoms with Crippen molar-refractivity contribution in [3.05, 3.63) is 256 Å². The van der Waals surface area contributed by atoms with E-state index in [1.54, 1.807) is 0 Å². The van der Waals surface area contributed by atoms with E-state index in [9.17, 15) is 0 Å². The Morgan fingerprint density at radius 1 is 0.252 bits per heavy atom. The van der Waals surface area contributed by atoms with Gasteiger partial charge in [-0.15, -0.1) is 0 Å². The van der Waals surface area contributed by atoms with Crippen LogP contribution >= 0.6 is 0 Å². The molecule has 2 aliphatic heterocycles. The number of fused-ring (bicyclic) bond motifs is 11. The molecule has 1 aliphatic carbocycles. The predicted molar refractivity (Wildman–Crippen MR) is 466 cm³/mol. The second kappa shape index (κ2) is 24.1. The van der Waals surface area contributed by atoms with E-state index in [4.69, 9.17) is 0 Å². The average molecular weight is 1410 g/mol. The summed E-state index contributed by atoms with van der Waals surface area (Å²) in [4.78, 5) is 5.36. The SMILES string of the molecule is CC(C)(C)c1ccc(-c2cc3c4c(c2)N(c2cc(C(C)(C)C)cc(C(C)(C)C)c2)c2cc(-n5c6ccc(C(C)(C)C)cc6c6cc(C(C)(C)C)ccc65)ccc2B4c2ccc(-n4c5ccc(C(C)(C)C)cc5c5cc(C(C)(C)C)ccc54)cc2N3c2ccc(-c3ccc4c(c3)C(C)(C)CCC4(C)C)cc2)cc1. The maximum Gasteiger partial charge on any atom is 0.252 e. The third kappa shape index (κ3) is 12.2. The van der Waals surface area contributed by atoms with Gasteiger partial charge in [-0.3, -0.25) is 0 Å². The number of hydrogen-bond acceptors (Lipinski definition) is 2. The molecule has 0 radical (unpaired) electrons. The van der Waals surface area contributed by atoms with Crippen LogP contribution < -0.4 is 26.2 Å². The van der Waals surface area contributed by atoms with Gasteiger partial charge < -0.3 is 18.9 Å². The zero-order valence-electron chi connectivity index (χ0n) is 68.9. The van der Waals surface area contributed by atoms with Crippen molar-refractivity contribution in [3.8, 4) is 33.6 Å². The van der Waals surface area contributed by atoms with Crippen LogP contribution in [0.3, 0.4) is 0 Å². The summed E-state index contributed by atoms with van der Waals surface area (Å²) in [6.45, 7) is 58.9. The topological polar surface area (TPSA) is 16.3 Å². The maximum absolute atomic E-state index is 2.70. The summed E-state index contributed by atoms with van der Waals surface area (Å²) in [7, 11) is 0. The zero-order chi connectivity index (χ0) is 76.3. The number of benzene rings is 11. The van der Waals surface area contributed by atoms with E-state index in [1.165, 1.54) is 168 Å². The van der Waals surface area contributed by atoms with E-state index in [-0.39, 0.29) is 55.4 Å². The molecule has 4 heterocycles. The minimum atomic E-state index is -0.170. The second-order valence-corrected chi connectivity index (χ2v) is 40.8. The Hall–Kier alpha value is -9.32. The van der Waals surface area contributed by atoms with Gasteiger partial charge in [0.15, 0.2) is 0 Å². The van der Waals surface area contributed by atoms with Crippen molar-refractivity contribution in [1.82, 2.24) is 9.13 Å². The van der Waals surface area contributed by atoms with E-state index < -0.39 is 0 Å². The lowest BCUT2D eigenvalue weighted by Crippen LogP contribution is -2.61. The zero-order valence-corrected chi connectivity index (χ0v) is 68.9. The maximum atomic E-state index is 2.70. The standard InChI is InChI=1S/C102H113BN4/c1-94(2,3)66-31-26-63(27-32-66)65-51-91-93-92(52-65)107(76-54-71(99(16,17)18)53-72(55-76)100(19,20)21)90-61-75(106-87-46-35-69(97(10,11)12)58-79(87)80-59-70(98(13,14)15)36-47-88(80)106)40-43-84(90)103(93)83-42-39-74(105-85-44-33-67(95(4,5)6)56-77(85)78-57-68(96(7,8)9)34-45-86(78)105)60-89(83)104(91)73-37-28-62(29-38-73)64-30-41-81-82(50-64)102(24,25)49-48-101(81,22)23/h26-47,50-61H,48-49H2,1-25H3. The van der Waals surface area contributed by atoms with Crippen LogP contribution in [-0.4, -0.2) is 15.8 Å². The highest BCUT2D eigenvalue weighted by Gasteiger charge is 2.45. The van der Waals surface area contributed by atoms with Crippen LogP contribution in [0.25, 0.3) is 77.2 Å². The second-order valence-electron chi connectivity index (χ2n) is 40.8. The minimum absolute atomic E-state index is 0.0226. The smallest absolute Gasteiger partial charge is 0.252 e. The first-order chi connectivity index (χ1) is 49.9. The molecule has 107 heavy (non-hydrogen) atoms. The number of aromatic nitrogens is 2. The summed E-state index contributed by atoms with van der Waals surface area (Å²) in [6.07, 6.45) is 2.36. The third-order valence-electron chi connectivity index (χ3n) is 24.9. The molecular weight excluding hydrogens is 1290 g/mol. The van der Waals surface area contributed by atoms with Gasteiger partial charge in [0.05, 0.1) is 22.1 Å². The molecule has 0 atom stereocenters. The Labute approximate surface area is 640 Å². The van der Waals surface area contributed by atoms with Gasteiger partial charge in [-0.25, -0.2) is 0 Å². The summed E-state index contributed by atoms with van der Waals surface area (Å²) in [6, 6.07) is 83.2. The van der Waals surface area contributed by atoms with Crippen molar-refractivity contribution in [2.75, 3.05) is 9.80 Å². The summed E-state index contributed by atoms with van der Waals surface area (Å²) in [5, 5.41) is 5.13. The van der Waals surface area contributed by atoms with Gasteiger partial charge in [0.25, 0.3) is 6.71 Å². The molecule has 0 unspecified atom stereocenters. The van der Waals surface area contributed by atoms with E-state index in [2.05, 4.69) is 398 Å². The summed E-state index contributed by atoms with van der Waals surface area (Å²) in [5.41, 5.74) is 34.8. The molecule has 0 fully saturated rings. The summed E-state index contributed by atoms with van der Waals surface area (Å²) in [5.74, 6) is 0. The molecule has 4 nitrogen and oxygen atoms in total. The van der Waals surface area contributed by atoms with Gasteiger partial charge in [0, 0.05) is 67.0 Å². The molecule has 0 N–H and O–H groups in total. The van der Waals surface area contributed by atoms with Crippen molar-refractivity contribution in [1.29, 1.82) is 0 Å². The van der Waals surface area contributed by atoms with Crippen LogP contribution in [0.15, 0.2) is 206 Å². The quantitative estimate of drug-likeness (QED) is 0.154. The van der Waals surface area contributed by atoms with Crippen molar-refractivity contribution in [3.63, 3.8) is 0 Å². The molecule has 3 aliphatic rings. The molecule has 0 saturated carbocycles. The molecule has 0 spiro atoms. The van der Waals surface area contributed by atoms with Crippen molar-refractivity contribution >= 4 is 101 Å². The van der Waals surface area contributed by atoms with E-state index in [0.29, 0.717) is 0 Å². The van der Waals surface area contributed by atoms with Gasteiger partial charge in [-0.05, 0) is 259 Å². The van der Waals surface area contributed by atoms with Crippen LogP contribution in [0.5, 0.6) is 0 Å². The Morgan fingerprint density at radius 2 is 0.579 bits per heavy atom. The van der Waals surface area contributed by atoms with Gasteiger partial charge >= 0.3 is 0 Å². The van der Waals surface area contributed by atoms with Crippen LogP contribution in [0, 0.1) is 0 Å². The molecule has 0 bridgehead atoms. The Bertz CT molecular complexity index is 5610. The van der Waals surface area contributed by atoms with Gasteiger partial charge in [-0.2, -0.15) is 0 Å². The fourth-order valence-corrected chi connectivity index (χ4v) is 17.8. The fourth-order valence-electron chi connectivity index (χ4n) is 17.8. The number of anilines is 6. The number of hydrogen-bond donors (Lipinski definition) is 0. The van der Waals surface area contributed by atoms with Crippen molar-refractivity contribution < 1.29 is 0 Å². The number of nitrogens with zero attached hydrogens (tertiary/aromatic N) is 4. The van der Waals surface area contributed by atoms with Crippen LogP contribution in [0.2, 0.25) is 0 Å². The number of rotatable bonds is 6. The molecule has 13 aromatic rings. The molecule has 2 aromatic heterocycles. The molecule has 5 heteroatoms. The first-order valence-electron chi connectivity index (χ1n) is 39.7. The normalized spacial score (nSPS) is 15.4. The lowest BCUT2D eigenvalue weighted by atomic mass is 9.33. The molecule has 11 aromatic carbocycles. The highest BCUT2D eigenvalue weighted by Crippen LogP contribution is 2.52. The Kier molecular flexibility index (Phi) is 16.2. The summed E-state index contributed by atoms with van der Waals surface area (Å²) < 4.78 is 5.14. The Morgan fingerprint density at radius 3 is 0.963 bits per heavy atom. The van der Waals surface area contributed by atoms with Crippen molar-refractivity contribution in [2.24, 2.45) is 0 Å². The van der Waals surface area contributed by atoms with Crippen molar-refractivity contribution in [2.45, 2.75) is 235 Å². The van der Waals surface area contributed by atoms with Crippen LogP contribution in [-0.2, 0) is 48.7 Å². The predicted octanol–water partition coefficient (Wildman–Crippen LogP) is 26.7. The van der Waals surface area contributed by atoms with Gasteiger partial charge in [0.2, 0.25) is 0 Å². The highest BCUT2D eigenvalue weighted by molar-refractivity contribution is 7.00. The first-order valence-corrected chi connectivity index (χ1v) is 39.7. The molecule has 0 saturated heterocycles. The lowest BCUT2D eigenvalue weighted by molar-refractivity contribution is 0.332. The van der Waals surface area contributed by atoms with E-state index in [0.717, 1.165) is 22.7 Å². The third-order valence-corrected chi connectivity index (χ3v) is 24.9. The fraction of sp³-hybridized carbons (Fsp3) is 0.353. The Balaban J connectivity index is 1.02.